The molecule has 0 fully saturated rings. The van der Waals surface area contributed by atoms with Gasteiger partial charge in [-0.2, -0.15) is 0 Å². The van der Waals surface area contributed by atoms with Crippen LogP contribution in [-0.2, 0) is 16.6 Å². The molecule has 0 amide bonds. The lowest BCUT2D eigenvalue weighted by molar-refractivity contribution is 0.601. The summed E-state index contributed by atoms with van der Waals surface area (Å²) in [6, 6.07) is 3.42. The fourth-order valence-corrected chi connectivity index (χ4v) is 5.42. The molecule has 114 valence electrons. The number of hydrogen-bond acceptors (Lipinski definition) is 5. The number of hydrogen-bond donors (Lipinski definition) is 2. The fraction of sp³-hybridized carbons (Fsp3) is 0.308. The van der Waals surface area contributed by atoms with E-state index in [2.05, 4.69) is 31.0 Å². The van der Waals surface area contributed by atoms with Crippen molar-refractivity contribution in [3.63, 3.8) is 0 Å². The third-order valence-electron chi connectivity index (χ3n) is 2.67. The van der Waals surface area contributed by atoms with Gasteiger partial charge in [-0.25, -0.2) is 8.42 Å². The number of rotatable bonds is 6. The van der Waals surface area contributed by atoms with Gasteiger partial charge >= 0.3 is 0 Å². The SMILES string of the molecule is CCNCc1cc(S(=O)(=O)Nc2cncc(C)c2)c(Br)s1. The van der Waals surface area contributed by atoms with Crippen molar-refractivity contribution in [1.82, 2.24) is 10.3 Å². The second-order valence-electron chi connectivity index (χ2n) is 4.49. The van der Waals surface area contributed by atoms with E-state index in [0.717, 1.165) is 17.0 Å². The van der Waals surface area contributed by atoms with Gasteiger partial charge in [-0.3, -0.25) is 9.71 Å². The zero-order valence-electron chi connectivity index (χ0n) is 11.7. The molecule has 2 heterocycles. The van der Waals surface area contributed by atoms with E-state index in [9.17, 15) is 8.42 Å². The topological polar surface area (TPSA) is 71.1 Å². The van der Waals surface area contributed by atoms with E-state index in [0.29, 0.717) is 16.0 Å². The summed E-state index contributed by atoms with van der Waals surface area (Å²) in [5.74, 6) is 0. The van der Waals surface area contributed by atoms with Gasteiger partial charge in [0.2, 0.25) is 0 Å². The number of pyridine rings is 1. The van der Waals surface area contributed by atoms with E-state index in [-0.39, 0.29) is 4.90 Å². The molecule has 0 bridgehead atoms. The third kappa shape index (κ3) is 4.26. The Balaban J connectivity index is 2.25. The van der Waals surface area contributed by atoms with Gasteiger partial charge in [0.15, 0.2) is 0 Å². The smallest absolute Gasteiger partial charge is 0.263 e. The Labute approximate surface area is 137 Å². The lowest BCUT2D eigenvalue weighted by Crippen LogP contribution is -2.13. The second-order valence-corrected chi connectivity index (χ2v) is 8.59. The molecule has 0 aromatic carbocycles. The number of aromatic nitrogens is 1. The van der Waals surface area contributed by atoms with Crippen LogP contribution in [0.4, 0.5) is 5.69 Å². The summed E-state index contributed by atoms with van der Waals surface area (Å²) in [7, 11) is -3.62. The number of aryl methyl sites for hydroxylation is 1. The van der Waals surface area contributed by atoms with E-state index in [1.165, 1.54) is 17.5 Å². The van der Waals surface area contributed by atoms with Gasteiger partial charge in [-0.1, -0.05) is 6.92 Å². The highest BCUT2D eigenvalue weighted by Crippen LogP contribution is 2.32. The maximum atomic E-state index is 12.4. The average molecular weight is 390 g/mol. The van der Waals surface area contributed by atoms with Crippen LogP contribution in [0.5, 0.6) is 0 Å². The number of thiophene rings is 1. The van der Waals surface area contributed by atoms with Crippen LogP contribution < -0.4 is 10.0 Å². The summed E-state index contributed by atoms with van der Waals surface area (Å²) in [4.78, 5) is 5.20. The lowest BCUT2D eigenvalue weighted by atomic mass is 10.3. The standard InChI is InChI=1S/C13H16BrN3O2S2/c1-3-15-8-11-5-12(13(14)20-11)21(18,19)17-10-4-9(2)6-16-7-10/h4-7,15,17H,3,8H2,1-2H3. The van der Waals surface area contributed by atoms with Crippen molar-refractivity contribution >= 4 is 43.0 Å². The van der Waals surface area contributed by atoms with Crippen molar-refractivity contribution < 1.29 is 8.42 Å². The molecule has 0 aliphatic carbocycles. The fourth-order valence-electron chi connectivity index (χ4n) is 1.74. The van der Waals surface area contributed by atoms with Gasteiger partial charge in [0, 0.05) is 17.6 Å². The molecule has 2 aromatic rings. The van der Waals surface area contributed by atoms with Crippen LogP contribution >= 0.6 is 27.3 Å². The largest absolute Gasteiger partial charge is 0.312 e. The van der Waals surface area contributed by atoms with Crippen LogP contribution in [0.1, 0.15) is 17.4 Å². The molecular formula is C13H16BrN3O2S2. The van der Waals surface area contributed by atoms with Crippen molar-refractivity contribution in [2.45, 2.75) is 25.3 Å². The van der Waals surface area contributed by atoms with Crippen LogP contribution in [0.3, 0.4) is 0 Å². The molecule has 2 aromatic heterocycles. The van der Waals surface area contributed by atoms with Gasteiger partial charge in [0.1, 0.15) is 4.90 Å². The molecule has 0 aliphatic heterocycles. The van der Waals surface area contributed by atoms with Crippen molar-refractivity contribution in [3.8, 4) is 0 Å². The first-order valence-corrected chi connectivity index (χ1v) is 9.45. The Morgan fingerprint density at radius 3 is 2.76 bits per heavy atom. The minimum Gasteiger partial charge on any atom is -0.312 e. The highest BCUT2D eigenvalue weighted by atomic mass is 79.9. The number of halogens is 1. The summed E-state index contributed by atoms with van der Waals surface area (Å²) in [6.07, 6.45) is 3.16. The van der Waals surface area contributed by atoms with Gasteiger partial charge in [0.05, 0.1) is 15.7 Å². The molecule has 2 N–H and O–H groups in total. The molecular weight excluding hydrogens is 374 g/mol. The Kier molecular flexibility index (Phi) is 5.37. The van der Waals surface area contributed by atoms with E-state index >= 15 is 0 Å². The van der Waals surface area contributed by atoms with Crippen LogP contribution in [0.15, 0.2) is 33.2 Å². The van der Waals surface area contributed by atoms with Crippen LogP contribution in [0.2, 0.25) is 0 Å². The first-order valence-electron chi connectivity index (χ1n) is 6.36. The minimum atomic E-state index is -3.62. The first kappa shape index (κ1) is 16.4. The van der Waals surface area contributed by atoms with Crippen LogP contribution in [0, 0.1) is 6.92 Å². The highest BCUT2D eigenvalue weighted by Gasteiger charge is 2.21. The molecule has 0 radical (unpaired) electrons. The summed E-state index contributed by atoms with van der Waals surface area (Å²) in [5.41, 5.74) is 1.36. The summed E-state index contributed by atoms with van der Waals surface area (Å²) >= 11 is 4.74. The molecule has 8 heteroatoms. The van der Waals surface area contributed by atoms with E-state index < -0.39 is 10.0 Å². The maximum Gasteiger partial charge on any atom is 0.263 e. The molecule has 0 spiro atoms. The van der Waals surface area contributed by atoms with Crippen molar-refractivity contribution in [3.05, 3.63) is 38.8 Å². The van der Waals surface area contributed by atoms with Gasteiger partial charge in [0.25, 0.3) is 10.0 Å². The summed E-state index contributed by atoms with van der Waals surface area (Å²) in [5, 5.41) is 3.18. The molecule has 5 nitrogen and oxygen atoms in total. The average Bonchev–Trinajstić information content (AvgIpc) is 2.78. The highest BCUT2D eigenvalue weighted by molar-refractivity contribution is 9.11. The monoisotopic (exact) mass is 389 g/mol. The van der Waals surface area contributed by atoms with Gasteiger partial charge < -0.3 is 5.32 Å². The Morgan fingerprint density at radius 1 is 1.33 bits per heavy atom. The summed E-state index contributed by atoms with van der Waals surface area (Å²) < 4.78 is 28.0. The van der Waals surface area contributed by atoms with E-state index in [1.54, 1.807) is 18.3 Å². The van der Waals surface area contributed by atoms with Gasteiger partial charge in [-0.05, 0) is 47.1 Å². The quantitative estimate of drug-likeness (QED) is 0.795. The molecule has 0 aliphatic rings. The number of sulfonamides is 1. The Morgan fingerprint density at radius 2 is 2.10 bits per heavy atom. The van der Waals surface area contributed by atoms with Crippen molar-refractivity contribution in [2.75, 3.05) is 11.3 Å². The zero-order valence-corrected chi connectivity index (χ0v) is 14.9. The maximum absolute atomic E-state index is 12.4. The van der Waals surface area contributed by atoms with Crippen molar-refractivity contribution in [1.29, 1.82) is 0 Å². The second kappa shape index (κ2) is 6.87. The predicted octanol–water partition coefficient (Wildman–Crippen LogP) is 3.12. The van der Waals surface area contributed by atoms with Crippen LogP contribution in [0.25, 0.3) is 0 Å². The first-order chi connectivity index (χ1) is 9.92. The predicted molar refractivity (Wildman–Crippen MR) is 89.2 cm³/mol. The number of anilines is 1. The van der Waals surface area contributed by atoms with E-state index in [4.69, 9.17) is 0 Å². The molecule has 0 saturated heterocycles. The summed E-state index contributed by atoms with van der Waals surface area (Å²) in [6.45, 7) is 5.36. The third-order valence-corrected chi connectivity index (χ3v) is 6.31. The normalized spacial score (nSPS) is 11.6. The van der Waals surface area contributed by atoms with Crippen LogP contribution in [-0.4, -0.2) is 19.9 Å². The zero-order chi connectivity index (χ0) is 15.5. The minimum absolute atomic E-state index is 0.252. The Hall–Kier alpha value is -0.960. The Bertz CT molecular complexity index is 729. The van der Waals surface area contributed by atoms with E-state index in [1.807, 2.05) is 13.8 Å². The molecule has 21 heavy (non-hydrogen) atoms. The molecule has 0 unspecified atom stereocenters. The molecule has 0 atom stereocenters. The molecule has 2 rings (SSSR count). The molecule has 0 saturated carbocycles. The lowest BCUT2D eigenvalue weighted by Gasteiger charge is -2.07. The number of nitrogens with one attached hydrogen (secondary N) is 2. The van der Waals surface area contributed by atoms with Crippen molar-refractivity contribution in [2.24, 2.45) is 0 Å². The number of nitrogens with zero attached hydrogens (tertiary/aromatic N) is 1. The van der Waals surface area contributed by atoms with Gasteiger partial charge in [-0.15, -0.1) is 11.3 Å².